The summed E-state index contributed by atoms with van der Waals surface area (Å²) in [6, 6.07) is 7.67. The largest absolute Gasteiger partial charge is 0.486 e. The summed E-state index contributed by atoms with van der Waals surface area (Å²) in [5.41, 5.74) is 0.428. The number of halogens is 2. The average molecular weight is 459 g/mol. The van der Waals surface area contributed by atoms with Gasteiger partial charge in [0.2, 0.25) is 15.9 Å². The van der Waals surface area contributed by atoms with Gasteiger partial charge >= 0.3 is 0 Å². The van der Waals surface area contributed by atoms with Crippen molar-refractivity contribution in [3.63, 3.8) is 0 Å². The monoisotopic (exact) mass is 458 g/mol. The highest BCUT2D eigenvalue weighted by molar-refractivity contribution is 9.10. The van der Waals surface area contributed by atoms with Gasteiger partial charge in [0, 0.05) is 23.7 Å². The first-order valence-corrected chi connectivity index (χ1v) is 10.1. The molecule has 1 amide bonds. The predicted molar refractivity (Wildman–Crippen MR) is 100.0 cm³/mol. The molecule has 2 aromatic rings. The fraction of sp³-hybridized carbons (Fsp3) is 0.235. The van der Waals surface area contributed by atoms with Gasteiger partial charge < -0.3 is 14.8 Å². The lowest BCUT2D eigenvalue weighted by Gasteiger charge is -2.21. The Kier molecular flexibility index (Phi) is 5.68. The van der Waals surface area contributed by atoms with Gasteiger partial charge in [-0.2, -0.15) is 4.31 Å². The van der Waals surface area contributed by atoms with Crippen LogP contribution in [-0.4, -0.2) is 45.4 Å². The van der Waals surface area contributed by atoms with Crippen molar-refractivity contribution in [1.82, 2.24) is 4.31 Å². The molecule has 0 saturated heterocycles. The molecule has 0 spiro atoms. The minimum Gasteiger partial charge on any atom is -0.486 e. The highest BCUT2D eigenvalue weighted by atomic mass is 79.9. The van der Waals surface area contributed by atoms with E-state index in [9.17, 15) is 17.6 Å². The molecule has 27 heavy (non-hydrogen) atoms. The molecule has 1 N–H and O–H groups in total. The van der Waals surface area contributed by atoms with Gasteiger partial charge in [-0.15, -0.1) is 0 Å². The van der Waals surface area contributed by atoms with Crippen LogP contribution in [0, 0.1) is 5.82 Å². The van der Waals surface area contributed by atoms with Crippen LogP contribution in [0.25, 0.3) is 0 Å². The Bertz CT molecular complexity index is 966. The van der Waals surface area contributed by atoms with E-state index in [4.69, 9.17) is 9.47 Å². The molecule has 0 fully saturated rings. The summed E-state index contributed by atoms with van der Waals surface area (Å²) in [7, 11) is -2.64. The molecule has 0 atom stereocenters. The molecule has 0 aromatic heterocycles. The number of nitrogens with one attached hydrogen (secondary N) is 1. The normalized spacial score (nSPS) is 13.5. The fourth-order valence-electron chi connectivity index (χ4n) is 2.42. The number of nitrogens with zero attached hydrogens (tertiary/aromatic N) is 1. The third kappa shape index (κ3) is 4.40. The van der Waals surface area contributed by atoms with Gasteiger partial charge in [-0.25, -0.2) is 12.8 Å². The molecule has 144 valence electrons. The number of benzene rings is 2. The van der Waals surface area contributed by atoms with Crippen molar-refractivity contribution in [2.75, 3.05) is 32.1 Å². The van der Waals surface area contributed by atoms with Crippen molar-refractivity contribution < 1.29 is 27.1 Å². The van der Waals surface area contributed by atoms with E-state index >= 15 is 0 Å². The van der Waals surface area contributed by atoms with Gasteiger partial charge in [0.1, 0.15) is 19.0 Å². The molecule has 1 heterocycles. The number of carbonyl (C=O) groups excluding carboxylic acids is 1. The van der Waals surface area contributed by atoms with Gasteiger partial charge in [-0.3, -0.25) is 4.79 Å². The van der Waals surface area contributed by atoms with E-state index in [1.807, 2.05) is 0 Å². The summed E-state index contributed by atoms with van der Waals surface area (Å²) in [4.78, 5) is 12.2. The molecule has 0 radical (unpaired) electrons. The van der Waals surface area contributed by atoms with Crippen LogP contribution in [0.3, 0.4) is 0 Å². The number of fused-ring (bicyclic) bond motifs is 1. The van der Waals surface area contributed by atoms with Gasteiger partial charge in [-0.1, -0.05) is 0 Å². The van der Waals surface area contributed by atoms with Crippen molar-refractivity contribution in [2.24, 2.45) is 0 Å². The van der Waals surface area contributed by atoms with E-state index in [1.54, 1.807) is 12.1 Å². The second-order valence-electron chi connectivity index (χ2n) is 5.74. The molecule has 1 aliphatic heterocycles. The molecule has 10 heteroatoms. The van der Waals surface area contributed by atoms with E-state index in [1.165, 1.54) is 7.05 Å². The van der Waals surface area contributed by atoms with Crippen LogP contribution >= 0.6 is 15.9 Å². The summed E-state index contributed by atoms with van der Waals surface area (Å²) in [5, 5.41) is 2.64. The second kappa shape index (κ2) is 7.83. The van der Waals surface area contributed by atoms with Crippen molar-refractivity contribution >= 4 is 37.5 Å². The van der Waals surface area contributed by atoms with E-state index in [2.05, 4.69) is 21.2 Å². The van der Waals surface area contributed by atoms with Crippen molar-refractivity contribution in [3.05, 3.63) is 46.7 Å². The maximum Gasteiger partial charge on any atom is 0.243 e. The summed E-state index contributed by atoms with van der Waals surface area (Å²) in [6.45, 7) is 0.429. The van der Waals surface area contributed by atoms with Crippen LogP contribution in [0.5, 0.6) is 11.5 Å². The van der Waals surface area contributed by atoms with Crippen LogP contribution in [0.2, 0.25) is 0 Å². The Morgan fingerprint density at radius 1 is 1.19 bits per heavy atom. The lowest BCUT2D eigenvalue weighted by molar-refractivity contribution is -0.116. The number of amides is 1. The summed E-state index contributed by atoms with van der Waals surface area (Å²) in [5.74, 6) is -0.0347. The van der Waals surface area contributed by atoms with Gasteiger partial charge in [0.05, 0.1) is 17.1 Å². The van der Waals surface area contributed by atoms with E-state index < -0.39 is 28.3 Å². The summed E-state index contributed by atoms with van der Waals surface area (Å²) in [6.07, 6.45) is 0. The van der Waals surface area contributed by atoms with E-state index in [0.717, 1.165) is 28.6 Å². The topological polar surface area (TPSA) is 84.9 Å². The zero-order valence-electron chi connectivity index (χ0n) is 14.2. The van der Waals surface area contributed by atoms with Crippen LogP contribution in [0.4, 0.5) is 10.1 Å². The Balaban J connectivity index is 1.71. The number of carbonyl (C=O) groups is 1. The lowest BCUT2D eigenvalue weighted by atomic mass is 10.2. The number of anilines is 1. The van der Waals surface area contributed by atoms with Gasteiger partial charge in [-0.05, 0) is 40.2 Å². The number of sulfonamides is 1. The Morgan fingerprint density at radius 2 is 1.78 bits per heavy atom. The molecule has 0 unspecified atom stereocenters. The number of hydrogen-bond acceptors (Lipinski definition) is 5. The van der Waals surface area contributed by atoms with Crippen molar-refractivity contribution in [1.29, 1.82) is 0 Å². The second-order valence-corrected chi connectivity index (χ2v) is 8.64. The van der Waals surface area contributed by atoms with Crippen LogP contribution in [0.1, 0.15) is 0 Å². The molecule has 3 rings (SSSR count). The van der Waals surface area contributed by atoms with Gasteiger partial charge in [0.25, 0.3) is 0 Å². The molecule has 2 aromatic carbocycles. The Labute approximate surface area is 164 Å². The third-order valence-electron chi connectivity index (χ3n) is 3.79. The zero-order valence-corrected chi connectivity index (χ0v) is 16.6. The first-order valence-electron chi connectivity index (χ1n) is 7.88. The third-order valence-corrected chi connectivity index (χ3v) is 6.27. The highest BCUT2D eigenvalue weighted by Gasteiger charge is 2.24. The van der Waals surface area contributed by atoms with Crippen molar-refractivity contribution in [3.8, 4) is 11.5 Å². The first-order chi connectivity index (χ1) is 12.8. The smallest absolute Gasteiger partial charge is 0.243 e. The van der Waals surface area contributed by atoms with E-state index in [-0.39, 0.29) is 4.90 Å². The molecule has 0 bridgehead atoms. The number of hydrogen-bond donors (Lipinski definition) is 1. The highest BCUT2D eigenvalue weighted by Crippen LogP contribution is 2.38. The molecule has 0 saturated carbocycles. The van der Waals surface area contributed by atoms with Gasteiger partial charge in [0.15, 0.2) is 11.5 Å². The fourth-order valence-corrected chi connectivity index (χ4v) is 3.97. The molecule has 1 aliphatic rings. The number of ether oxygens (including phenoxy) is 2. The molecular weight excluding hydrogens is 443 g/mol. The quantitative estimate of drug-likeness (QED) is 0.744. The predicted octanol–water partition coefficient (Wildman–Crippen LogP) is 2.62. The SMILES string of the molecule is CN(CC(=O)Nc1cc2c(cc1Br)OCCO2)S(=O)(=O)c1ccc(F)cc1. The first kappa shape index (κ1) is 19.6. The van der Waals surface area contributed by atoms with Crippen LogP contribution in [0.15, 0.2) is 45.8 Å². The summed E-state index contributed by atoms with van der Waals surface area (Å²) < 4.78 is 50.3. The minimum absolute atomic E-state index is 0.0975. The van der Waals surface area contributed by atoms with Crippen LogP contribution < -0.4 is 14.8 Å². The van der Waals surface area contributed by atoms with Crippen LogP contribution in [-0.2, 0) is 14.8 Å². The maximum absolute atomic E-state index is 13.0. The summed E-state index contributed by atoms with van der Waals surface area (Å²) >= 11 is 3.34. The Hall–Kier alpha value is -2.17. The molecular formula is C17H16BrFN2O5S. The standard InChI is InChI=1S/C17H16BrFN2O5S/c1-21(27(23,24)12-4-2-11(19)3-5-12)10-17(22)20-14-9-16-15(8-13(14)18)25-6-7-26-16/h2-5,8-9H,6-7,10H2,1H3,(H,20,22). The minimum atomic E-state index is -3.92. The number of likely N-dealkylation sites (N-methyl/N-ethyl adjacent to an activating group) is 1. The molecule has 0 aliphatic carbocycles. The average Bonchev–Trinajstić information content (AvgIpc) is 2.62. The zero-order chi connectivity index (χ0) is 19.6. The maximum atomic E-state index is 13.0. The number of rotatable bonds is 5. The van der Waals surface area contributed by atoms with E-state index in [0.29, 0.717) is 34.9 Å². The lowest BCUT2D eigenvalue weighted by Crippen LogP contribution is -2.35. The van der Waals surface area contributed by atoms with Crippen molar-refractivity contribution in [2.45, 2.75) is 4.90 Å². The Morgan fingerprint density at radius 3 is 2.41 bits per heavy atom. The molecule has 7 nitrogen and oxygen atoms in total.